The second-order valence-electron chi connectivity index (χ2n) is 11.8. The number of nitrogens with zero attached hydrogens (tertiary/aromatic N) is 7. The Balaban J connectivity index is 1.53. The Morgan fingerprint density at radius 2 is 1.73 bits per heavy atom. The number of halogens is 1. The quantitative estimate of drug-likeness (QED) is 0.124. The van der Waals surface area contributed by atoms with Crippen LogP contribution in [0.4, 0.5) is 27.4 Å². The topological polar surface area (TPSA) is 131 Å². The molecule has 48 heavy (non-hydrogen) atoms. The van der Waals surface area contributed by atoms with Gasteiger partial charge in [0, 0.05) is 73.1 Å². The van der Waals surface area contributed by atoms with Gasteiger partial charge in [-0.1, -0.05) is 35.9 Å². The van der Waals surface area contributed by atoms with Gasteiger partial charge in [0.2, 0.25) is 5.95 Å². The van der Waals surface area contributed by atoms with Crippen LogP contribution in [-0.2, 0) is 17.1 Å². The number of aromatic nitrogens is 4. The maximum Gasteiger partial charge on any atom is 0.294 e. The summed E-state index contributed by atoms with van der Waals surface area (Å²) >= 11 is 0. The van der Waals surface area contributed by atoms with E-state index < -0.39 is 20.8 Å². The summed E-state index contributed by atoms with van der Waals surface area (Å²) in [7, 11) is 1.57. The number of nitro benzene ring substituents is 1. The predicted octanol–water partition coefficient (Wildman–Crippen LogP) is 6.31. The molecular formula is C34H35FN8O4S. The molecule has 248 valence electrons. The molecule has 0 aliphatic heterocycles. The Labute approximate surface area is 277 Å². The van der Waals surface area contributed by atoms with E-state index in [4.69, 9.17) is 4.98 Å². The molecule has 3 aromatic carbocycles. The van der Waals surface area contributed by atoms with E-state index in [0.29, 0.717) is 36.3 Å². The fraction of sp³-hybridized carbons (Fsp3) is 0.235. The van der Waals surface area contributed by atoms with Crippen molar-refractivity contribution in [3.05, 3.63) is 101 Å². The predicted molar refractivity (Wildman–Crippen MR) is 186 cm³/mol. The van der Waals surface area contributed by atoms with Gasteiger partial charge in [-0.2, -0.15) is 4.98 Å². The van der Waals surface area contributed by atoms with Crippen LogP contribution in [0.15, 0.2) is 84.0 Å². The first kappa shape index (κ1) is 32.6. The van der Waals surface area contributed by atoms with E-state index in [0.717, 1.165) is 32.6 Å². The number of fused-ring (bicyclic) bond motifs is 2. The van der Waals surface area contributed by atoms with Crippen molar-refractivity contribution in [2.75, 3.05) is 43.9 Å². The minimum atomic E-state index is -4.10. The van der Waals surface area contributed by atoms with E-state index in [-0.39, 0.29) is 33.6 Å². The highest BCUT2D eigenvalue weighted by atomic mass is 32.2. The van der Waals surface area contributed by atoms with Crippen LogP contribution in [-0.4, -0.2) is 70.5 Å². The maximum absolute atomic E-state index is 15.8. The lowest BCUT2D eigenvalue weighted by molar-refractivity contribution is -0.384. The van der Waals surface area contributed by atoms with Crippen molar-refractivity contribution >= 4 is 55.0 Å². The molecule has 0 aliphatic rings. The molecule has 0 saturated heterocycles. The Bertz CT molecular complexity index is 2280. The van der Waals surface area contributed by atoms with E-state index in [2.05, 4.69) is 10.3 Å². The summed E-state index contributed by atoms with van der Waals surface area (Å²) in [5, 5.41) is 16.4. The number of para-hydroxylation sites is 1. The molecule has 0 spiro atoms. The van der Waals surface area contributed by atoms with Crippen molar-refractivity contribution in [2.45, 2.75) is 18.7 Å². The monoisotopic (exact) mass is 670 g/mol. The van der Waals surface area contributed by atoms with Crippen molar-refractivity contribution in [3.63, 3.8) is 0 Å². The molecule has 3 aromatic heterocycles. The third-order valence-electron chi connectivity index (χ3n) is 8.29. The number of aryl methyl sites for hydroxylation is 2. The van der Waals surface area contributed by atoms with Crippen LogP contribution in [0.5, 0.6) is 0 Å². The highest BCUT2D eigenvalue weighted by Crippen LogP contribution is 2.38. The zero-order valence-electron chi connectivity index (χ0n) is 27.2. The largest absolute Gasteiger partial charge is 0.365 e. The summed E-state index contributed by atoms with van der Waals surface area (Å²) in [4.78, 5) is 24.7. The number of anilines is 3. The average Bonchev–Trinajstić information content (AvgIpc) is 3.64. The number of likely N-dealkylation sites (N-methyl/N-ethyl adjacent to an activating group) is 2. The Morgan fingerprint density at radius 1 is 1.00 bits per heavy atom. The van der Waals surface area contributed by atoms with E-state index in [1.54, 1.807) is 23.1 Å². The van der Waals surface area contributed by atoms with Crippen LogP contribution in [0, 0.1) is 22.9 Å². The summed E-state index contributed by atoms with van der Waals surface area (Å²) in [6, 6.07) is 18.1. The van der Waals surface area contributed by atoms with E-state index in [1.807, 2.05) is 74.9 Å². The molecule has 0 amide bonds. The second-order valence-corrected chi connectivity index (χ2v) is 13.6. The molecule has 0 atom stereocenters. The number of benzene rings is 3. The lowest BCUT2D eigenvalue weighted by Gasteiger charge is -2.25. The first-order chi connectivity index (χ1) is 22.9. The summed E-state index contributed by atoms with van der Waals surface area (Å²) in [6.45, 7) is 5.21. The van der Waals surface area contributed by atoms with Gasteiger partial charge in [-0.05, 0) is 52.2 Å². The number of nitrogens with one attached hydrogen (secondary N) is 1. The van der Waals surface area contributed by atoms with Gasteiger partial charge in [0.1, 0.15) is 11.5 Å². The standard InChI is InChI=1S/C34H35FN8O4S/c1-6-41(18-17-39(3)4)30-19-27(35)28(20-31(30)43(44)45)36-34-37-32(26-21-40(5)29-10-8-7-9-24(26)29)25-15-16-42(33(25)38-34)48(46,47)23-13-11-22(2)12-14-23/h7-16,19-21H,6,17-18H2,1-5H3,(H,36,37,38). The fourth-order valence-electron chi connectivity index (χ4n) is 5.74. The van der Waals surface area contributed by atoms with Gasteiger partial charge < -0.3 is 19.7 Å². The second kappa shape index (κ2) is 12.7. The molecule has 3 heterocycles. The molecule has 0 unspecified atom stereocenters. The van der Waals surface area contributed by atoms with E-state index in [9.17, 15) is 18.5 Å². The van der Waals surface area contributed by atoms with Crippen molar-refractivity contribution in [2.24, 2.45) is 7.05 Å². The lowest BCUT2D eigenvalue weighted by Crippen LogP contribution is -2.32. The number of hydrogen-bond donors (Lipinski definition) is 1. The molecular weight excluding hydrogens is 635 g/mol. The van der Waals surface area contributed by atoms with Crippen LogP contribution >= 0.6 is 0 Å². The molecule has 14 heteroatoms. The SMILES string of the molecule is CCN(CCN(C)C)c1cc(F)c(Nc2nc(-c3cn(C)c4ccccc34)c3ccn(S(=O)(=O)c4ccc(C)cc4)c3n2)cc1[N+](=O)[O-]. The van der Waals surface area contributed by atoms with Gasteiger partial charge in [-0.3, -0.25) is 10.1 Å². The molecule has 0 bridgehead atoms. The lowest BCUT2D eigenvalue weighted by atomic mass is 10.1. The first-order valence-corrected chi connectivity index (χ1v) is 16.7. The van der Waals surface area contributed by atoms with Crippen LogP contribution in [0.1, 0.15) is 12.5 Å². The fourth-order valence-corrected chi connectivity index (χ4v) is 7.03. The van der Waals surface area contributed by atoms with Gasteiger partial charge in [0.05, 0.1) is 21.2 Å². The third-order valence-corrected chi connectivity index (χ3v) is 9.97. The normalized spacial score (nSPS) is 11.9. The molecule has 0 saturated carbocycles. The molecule has 6 aromatic rings. The third kappa shape index (κ3) is 5.95. The van der Waals surface area contributed by atoms with Crippen molar-refractivity contribution in [1.29, 1.82) is 0 Å². The van der Waals surface area contributed by atoms with Crippen LogP contribution in [0.3, 0.4) is 0 Å². The average molecular weight is 671 g/mol. The smallest absolute Gasteiger partial charge is 0.294 e. The molecule has 0 radical (unpaired) electrons. The summed E-state index contributed by atoms with van der Waals surface area (Å²) in [5.41, 5.74) is 2.63. The Morgan fingerprint density at radius 3 is 2.42 bits per heavy atom. The minimum Gasteiger partial charge on any atom is -0.365 e. The molecule has 6 rings (SSSR count). The zero-order valence-corrected chi connectivity index (χ0v) is 28.0. The Kier molecular flexibility index (Phi) is 8.62. The van der Waals surface area contributed by atoms with Crippen molar-refractivity contribution in [3.8, 4) is 11.3 Å². The van der Waals surface area contributed by atoms with Crippen molar-refractivity contribution < 1.29 is 17.7 Å². The van der Waals surface area contributed by atoms with Crippen molar-refractivity contribution in [1.82, 2.24) is 23.4 Å². The molecule has 0 aliphatic carbocycles. The van der Waals surface area contributed by atoms with Crippen LogP contribution in [0.2, 0.25) is 0 Å². The molecule has 1 N–H and O–H groups in total. The minimum absolute atomic E-state index is 0.0587. The summed E-state index contributed by atoms with van der Waals surface area (Å²) in [6.07, 6.45) is 3.30. The summed E-state index contributed by atoms with van der Waals surface area (Å²) < 4.78 is 46.6. The Hall–Kier alpha value is -5.34. The highest BCUT2D eigenvalue weighted by molar-refractivity contribution is 7.90. The van der Waals surface area contributed by atoms with Gasteiger partial charge in [-0.25, -0.2) is 21.8 Å². The number of rotatable bonds is 11. The van der Waals surface area contributed by atoms with Crippen LogP contribution < -0.4 is 10.2 Å². The number of hydrogen-bond acceptors (Lipinski definition) is 9. The summed E-state index contributed by atoms with van der Waals surface area (Å²) in [5.74, 6) is -0.887. The van der Waals surface area contributed by atoms with E-state index in [1.165, 1.54) is 18.3 Å². The maximum atomic E-state index is 15.8. The first-order valence-electron chi connectivity index (χ1n) is 15.3. The van der Waals surface area contributed by atoms with E-state index >= 15 is 4.39 Å². The molecule has 0 fully saturated rings. The molecule has 12 nitrogen and oxygen atoms in total. The zero-order chi connectivity index (χ0) is 34.3. The highest BCUT2D eigenvalue weighted by Gasteiger charge is 2.26. The number of nitro groups is 1. The van der Waals surface area contributed by atoms with Crippen LogP contribution in [0.25, 0.3) is 33.2 Å². The van der Waals surface area contributed by atoms with Gasteiger partial charge in [0.15, 0.2) is 5.65 Å². The van der Waals surface area contributed by atoms with Gasteiger partial charge in [0.25, 0.3) is 15.7 Å². The van der Waals surface area contributed by atoms with Gasteiger partial charge >= 0.3 is 0 Å². The van der Waals surface area contributed by atoms with Gasteiger partial charge in [-0.15, -0.1) is 0 Å².